The van der Waals surface area contributed by atoms with Gasteiger partial charge < -0.3 is 9.47 Å². The van der Waals surface area contributed by atoms with Crippen LogP contribution in [0.4, 0.5) is 0 Å². The second-order valence-corrected chi connectivity index (χ2v) is 8.39. The van der Waals surface area contributed by atoms with Crippen molar-refractivity contribution in [2.45, 2.75) is 47.7 Å². The average molecular weight is 430 g/mol. The molecule has 0 fully saturated rings. The average Bonchev–Trinajstić information content (AvgIpc) is 3.14. The summed E-state index contributed by atoms with van der Waals surface area (Å²) in [5.74, 6) is 1.59. The SMILES string of the molecule is CCOc1ccccc1OCCn1c[n+](Cc2c(C)c(C)cc(C)c2C)c2ccccc21. The molecule has 0 saturated carbocycles. The Bertz CT molecular complexity index is 1210. The number of hydrogen-bond acceptors (Lipinski definition) is 2. The zero-order chi connectivity index (χ0) is 22.7. The fraction of sp³-hybridized carbons (Fsp3) is 0.321. The lowest BCUT2D eigenvalue weighted by Crippen LogP contribution is -2.34. The number of aryl methyl sites for hydroxylation is 2. The third kappa shape index (κ3) is 4.36. The largest absolute Gasteiger partial charge is 0.490 e. The first-order valence-corrected chi connectivity index (χ1v) is 11.4. The first-order valence-electron chi connectivity index (χ1n) is 11.4. The molecule has 0 N–H and O–H groups in total. The van der Waals surface area contributed by atoms with Crippen LogP contribution in [0.1, 0.15) is 34.7 Å². The summed E-state index contributed by atoms with van der Waals surface area (Å²) in [5, 5.41) is 0. The first-order chi connectivity index (χ1) is 15.5. The molecule has 4 nitrogen and oxygen atoms in total. The van der Waals surface area contributed by atoms with Crippen molar-refractivity contribution in [3.05, 3.63) is 88.7 Å². The van der Waals surface area contributed by atoms with Gasteiger partial charge in [-0.25, -0.2) is 9.13 Å². The Hall–Kier alpha value is -3.27. The summed E-state index contributed by atoms with van der Waals surface area (Å²) < 4.78 is 16.4. The van der Waals surface area contributed by atoms with E-state index in [2.05, 4.69) is 73.5 Å². The normalized spacial score (nSPS) is 11.2. The zero-order valence-corrected chi connectivity index (χ0v) is 19.8. The Morgan fingerprint density at radius 2 is 1.44 bits per heavy atom. The highest BCUT2D eigenvalue weighted by Gasteiger charge is 2.18. The number of ether oxygens (including phenoxy) is 2. The molecule has 0 bridgehead atoms. The third-order valence-corrected chi connectivity index (χ3v) is 6.37. The molecule has 0 aliphatic heterocycles. The number of para-hydroxylation sites is 4. The number of benzene rings is 3. The Labute approximate surface area is 191 Å². The summed E-state index contributed by atoms with van der Waals surface area (Å²) in [7, 11) is 0. The van der Waals surface area contributed by atoms with Crippen molar-refractivity contribution < 1.29 is 14.0 Å². The summed E-state index contributed by atoms with van der Waals surface area (Å²) in [6, 6.07) is 18.7. The second-order valence-electron chi connectivity index (χ2n) is 8.39. The summed E-state index contributed by atoms with van der Waals surface area (Å²) in [4.78, 5) is 0. The van der Waals surface area contributed by atoms with Crippen LogP contribution >= 0.6 is 0 Å². The molecule has 4 aromatic rings. The van der Waals surface area contributed by atoms with Crippen LogP contribution in [0.2, 0.25) is 0 Å². The van der Waals surface area contributed by atoms with Crippen molar-refractivity contribution in [1.82, 2.24) is 4.57 Å². The number of rotatable bonds is 8. The van der Waals surface area contributed by atoms with Crippen LogP contribution in [0.15, 0.2) is 60.9 Å². The summed E-state index contributed by atoms with van der Waals surface area (Å²) in [6.07, 6.45) is 2.22. The fourth-order valence-corrected chi connectivity index (χ4v) is 4.35. The zero-order valence-electron chi connectivity index (χ0n) is 19.8. The van der Waals surface area contributed by atoms with Crippen LogP contribution in [0.3, 0.4) is 0 Å². The molecule has 3 aromatic carbocycles. The van der Waals surface area contributed by atoms with Gasteiger partial charge in [-0.05, 0) is 86.7 Å². The van der Waals surface area contributed by atoms with Crippen LogP contribution in [0, 0.1) is 27.7 Å². The molecule has 1 aromatic heterocycles. The van der Waals surface area contributed by atoms with E-state index in [1.54, 1.807) is 0 Å². The maximum atomic E-state index is 6.08. The Morgan fingerprint density at radius 1 is 0.812 bits per heavy atom. The highest BCUT2D eigenvalue weighted by atomic mass is 16.5. The molecule has 166 valence electrons. The highest BCUT2D eigenvalue weighted by molar-refractivity contribution is 5.71. The topological polar surface area (TPSA) is 27.3 Å². The third-order valence-electron chi connectivity index (χ3n) is 6.37. The van der Waals surface area contributed by atoms with Crippen LogP contribution in [0.5, 0.6) is 11.5 Å². The molecule has 0 atom stereocenters. The van der Waals surface area contributed by atoms with Gasteiger partial charge in [0, 0.05) is 0 Å². The minimum atomic E-state index is 0.574. The molecule has 32 heavy (non-hydrogen) atoms. The molecule has 0 unspecified atom stereocenters. The number of hydrogen-bond donors (Lipinski definition) is 0. The van der Waals surface area contributed by atoms with Gasteiger partial charge in [-0.2, -0.15) is 0 Å². The van der Waals surface area contributed by atoms with E-state index in [-0.39, 0.29) is 0 Å². The molecule has 4 rings (SSSR count). The summed E-state index contributed by atoms with van der Waals surface area (Å²) in [6.45, 7) is 13.7. The number of fused-ring (bicyclic) bond motifs is 1. The lowest BCUT2D eigenvalue weighted by Gasteiger charge is -2.14. The fourth-order valence-electron chi connectivity index (χ4n) is 4.35. The Kier molecular flexibility index (Phi) is 6.50. The van der Waals surface area contributed by atoms with E-state index in [0.717, 1.165) is 24.6 Å². The molecule has 0 radical (unpaired) electrons. The van der Waals surface area contributed by atoms with E-state index in [1.807, 2.05) is 31.2 Å². The van der Waals surface area contributed by atoms with Gasteiger partial charge in [0.25, 0.3) is 0 Å². The van der Waals surface area contributed by atoms with Crippen LogP contribution in [-0.2, 0) is 13.1 Å². The van der Waals surface area contributed by atoms with Gasteiger partial charge in [0.05, 0.1) is 6.61 Å². The molecular formula is C28H33N2O2+. The predicted molar refractivity (Wildman–Crippen MR) is 130 cm³/mol. The lowest BCUT2D eigenvalue weighted by atomic mass is 9.94. The molecule has 0 aliphatic carbocycles. The van der Waals surface area contributed by atoms with Gasteiger partial charge in [-0.15, -0.1) is 0 Å². The van der Waals surface area contributed by atoms with Gasteiger partial charge in [-0.1, -0.05) is 30.3 Å². The first kappa shape index (κ1) is 21.9. The maximum absolute atomic E-state index is 6.08. The molecule has 4 heteroatoms. The van der Waals surface area contributed by atoms with Crippen molar-refractivity contribution in [1.29, 1.82) is 0 Å². The number of aromatic nitrogens is 2. The lowest BCUT2D eigenvalue weighted by molar-refractivity contribution is -0.663. The van der Waals surface area contributed by atoms with Crippen molar-refractivity contribution in [3.63, 3.8) is 0 Å². The number of imidazole rings is 1. The molecule has 0 amide bonds. The minimum absolute atomic E-state index is 0.574. The van der Waals surface area contributed by atoms with E-state index in [1.165, 1.54) is 38.9 Å². The highest BCUT2D eigenvalue weighted by Crippen LogP contribution is 2.26. The van der Waals surface area contributed by atoms with Crippen LogP contribution in [-0.4, -0.2) is 17.8 Å². The van der Waals surface area contributed by atoms with Gasteiger partial charge in [0.1, 0.15) is 19.7 Å². The van der Waals surface area contributed by atoms with Gasteiger partial charge in [-0.3, -0.25) is 0 Å². The van der Waals surface area contributed by atoms with Crippen molar-refractivity contribution >= 4 is 11.0 Å². The quantitative estimate of drug-likeness (QED) is 0.337. The van der Waals surface area contributed by atoms with E-state index in [9.17, 15) is 0 Å². The van der Waals surface area contributed by atoms with Crippen molar-refractivity contribution in [3.8, 4) is 11.5 Å². The molecule has 0 saturated heterocycles. The molecule has 1 heterocycles. The standard InChI is InChI=1S/C28H33N2O2/c1-6-31-27-13-9-10-14-28(27)32-16-15-29-19-30(26-12-8-7-11-25(26)29)18-24-22(4)20(2)17-21(3)23(24)5/h7-14,17,19H,6,15-16,18H2,1-5H3/q+1. The van der Waals surface area contributed by atoms with Gasteiger partial charge in [0.2, 0.25) is 6.33 Å². The van der Waals surface area contributed by atoms with E-state index >= 15 is 0 Å². The van der Waals surface area contributed by atoms with Gasteiger partial charge in [0.15, 0.2) is 22.5 Å². The molecular weight excluding hydrogens is 396 g/mol. The second kappa shape index (κ2) is 9.47. The Morgan fingerprint density at radius 3 is 2.12 bits per heavy atom. The monoisotopic (exact) mass is 429 g/mol. The van der Waals surface area contributed by atoms with E-state index in [4.69, 9.17) is 9.47 Å². The predicted octanol–water partition coefficient (Wildman–Crippen LogP) is 5.69. The van der Waals surface area contributed by atoms with Crippen molar-refractivity contribution in [2.75, 3.05) is 13.2 Å². The molecule has 0 spiro atoms. The van der Waals surface area contributed by atoms with Crippen molar-refractivity contribution in [2.24, 2.45) is 0 Å². The number of nitrogens with zero attached hydrogens (tertiary/aromatic N) is 2. The minimum Gasteiger partial charge on any atom is -0.490 e. The maximum Gasteiger partial charge on any atom is 0.245 e. The van der Waals surface area contributed by atoms with E-state index < -0.39 is 0 Å². The Balaban J connectivity index is 1.59. The van der Waals surface area contributed by atoms with E-state index in [0.29, 0.717) is 13.2 Å². The smallest absolute Gasteiger partial charge is 0.245 e. The molecule has 0 aliphatic rings. The van der Waals surface area contributed by atoms with Gasteiger partial charge >= 0.3 is 0 Å². The van der Waals surface area contributed by atoms with Crippen LogP contribution in [0.25, 0.3) is 11.0 Å². The summed E-state index contributed by atoms with van der Waals surface area (Å²) in [5.41, 5.74) is 9.34. The summed E-state index contributed by atoms with van der Waals surface area (Å²) >= 11 is 0. The van der Waals surface area contributed by atoms with Crippen LogP contribution < -0.4 is 14.0 Å².